The van der Waals surface area contributed by atoms with E-state index in [0.717, 1.165) is 10.4 Å². The number of sulfonamides is 1. The Kier molecular flexibility index (Phi) is 4.03. The number of nitrogens with zero attached hydrogens (tertiary/aromatic N) is 1. The molecule has 0 aliphatic carbocycles. The topological polar surface area (TPSA) is 83.6 Å². The second-order valence-corrected chi connectivity index (χ2v) is 7.55. The minimum atomic E-state index is -3.62. The summed E-state index contributed by atoms with van der Waals surface area (Å²) >= 11 is 1.52. The minimum Gasteiger partial charge on any atom is -0.506 e. The molecule has 2 aromatic rings. The zero-order valence-corrected chi connectivity index (χ0v) is 12.8. The van der Waals surface area contributed by atoms with Crippen LogP contribution in [0.5, 0.6) is 5.75 Å². The SMILES string of the molecule is Cc1ccsc1CN(C)S(=O)(=O)c1ccc(O)c(N)c1. The Hall–Kier alpha value is -1.57. The van der Waals surface area contributed by atoms with Crippen molar-refractivity contribution in [2.75, 3.05) is 12.8 Å². The number of phenols is 1. The Labute approximate surface area is 122 Å². The van der Waals surface area contributed by atoms with Gasteiger partial charge in [-0.25, -0.2) is 8.42 Å². The Morgan fingerprint density at radius 1 is 1.35 bits per heavy atom. The molecule has 0 fully saturated rings. The average molecular weight is 312 g/mol. The summed E-state index contributed by atoms with van der Waals surface area (Å²) in [4.78, 5) is 1.08. The number of benzene rings is 1. The maximum Gasteiger partial charge on any atom is 0.243 e. The molecule has 0 atom stereocenters. The Morgan fingerprint density at radius 2 is 2.05 bits per heavy atom. The first-order chi connectivity index (χ1) is 9.32. The summed E-state index contributed by atoms with van der Waals surface area (Å²) in [5.41, 5.74) is 6.67. The van der Waals surface area contributed by atoms with Gasteiger partial charge in [0, 0.05) is 18.5 Å². The third kappa shape index (κ3) is 2.79. The highest BCUT2D eigenvalue weighted by Gasteiger charge is 2.22. The zero-order valence-electron chi connectivity index (χ0n) is 11.2. The number of nitrogens with two attached hydrogens (primary N) is 1. The van der Waals surface area contributed by atoms with Crippen LogP contribution in [0.1, 0.15) is 10.4 Å². The average Bonchev–Trinajstić information content (AvgIpc) is 2.78. The van der Waals surface area contributed by atoms with Crippen LogP contribution in [-0.2, 0) is 16.6 Å². The molecule has 0 radical (unpaired) electrons. The number of hydrogen-bond acceptors (Lipinski definition) is 5. The van der Waals surface area contributed by atoms with Gasteiger partial charge >= 0.3 is 0 Å². The summed E-state index contributed by atoms with van der Waals surface area (Å²) in [5, 5.41) is 11.3. The Balaban J connectivity index is 2.29. The van der Waals surface area contributed by atoms with Crippen LogP contribution in [0.15, 0.2) is 34.5 Å². The normalized spacial score (nSPS) is 11.9. The van der Waals surface area contributed by atoms with Crippen LogP contribution >= 0.6 is 11.3 Å². The molecule has 1 aromatic carbocycles. The Morgan fingerprint density at radius 3 is 2.60 bits per heavy atom. The van der Waals surface area contributed by atoms with E-state index in [4.69, 9.17) is 5.73 Å². The highest BCUT2D eigenvalue weighted by atomic mass is 32.2. The van der Waals surface area contributed by atoms with Crippen molar-refractivity contribution < 1.29 is 13.5 Å². The zero-order chi connectivity index (χ0) is 14.9. The van der Waals surface area contributed by atoms with Crippen LogP contribution in [-0.4, -0.2) is 24.9 Å². The Bertz CT molecular complexity index is 723. The van der Waals surface area contributed by atoms with Gasteiger partial charge in [0.15, 0.2) is 0 Å². The van der Waals surface area contributed by atoms with E-state index in [1.807, 2.05) is 18.4 Å². The lowest BCUT2D eigenvalue weighted by Gasteiger charge is -2.17. The molecule has 20 heavy (non-hydrogen) atoms. The number of aryl methyl sites for hydroxylation is 1. The summed E-state index contributed by atoms with van der Waals surface area (Å²) in [6, 6.07) is 5.85. The predicted octanol–water partition coefficient (Wildman–Crippen LogP) is 2.17. The first kappa shape index (κ1) is 14.8. The van der Waals surface area contributed by atoms with Crippen LogP contribution in [0, 0.1) is 6.92 Å². The monoisotopic (exact) mass is 312 g/mol. The second kappa shape index (κ2) is 5.43. The molecule has 7 heteroatoms. The third-order valence-electron chi connectivity index (χ3n) is 3.04. The van der Waals surface area contributed by atoms with Crippen molar-refractivity contribution in [3.8, 4) is 5.75 Å². The summed E-state index contributed by atoms with van der Waals surface area (Å²) in [7, 11) is -2.10. The van der Waals surface area contributed by atoms with E-state index in [-0.39, 0.29) is 16.3 Å². The van der Waals surface area contributed by atoms with E-state index in [2.05, 4.69) is 0 Å². The number of aromatic hydroxyl groups is 1. The lowest BCUT2D eigenvalue weighted by Crippen LogP contribution is -2.26. The van der Waals surface area contributed by atoms with E-state index < -0.39 is 10.0 Å². The standard InChI is InChI=1S/C13H16N2O3S2/c1-9-5-6-19-13(9)8-15(2)20(17,18)10-3-4-12(16)11(14)7-10/h3-7,16H,8,14H2,1-2H3. The van der Waals surface area contributed by atoms with Crippen LogP contribution in [0.2, 0.25) is 0 Å². The molecule has 0 spiro atoms. The number of nitrogen functional groups attached to an aromatic ring is 1. The minimum absolute atomic E-state index is 0.0479. The van der Waals surface area contributed by atoms with E-state index in [1.54, 1.807) is 0 Å². The summed E-state index contributed by atoms with van der Waals surface area (Å²) in [5.74, 6) is -0.124. The molecule has 0 bridgehead atoms. The highest BCUT2D eigenvalue weighted by molar-refractivity contribution is 7.89. The van der Waals surface area contributed by atoms with Gasteiger partial charge in [0.05, 0.1) is 10.6 Å². The fourth-order valence-electron chi connectivity index (χ4n) is 1.73. The number of hydrogen-bond donors (Lipinski definition) is 2. The first-order valence-corrected chi connectivity index (χ1v) is 8.22. The molecule has 108 valence electrons. The summed E-state index contributed by atoms with van der Waals surface area (Å²) < 4.78 is 26.1. The number of anilines is 1. The first-order valence-electron chi connectivity index (χ1n) is 5.90. The molecule has 0 amide bonds. The molecule has 0 saturated heterocycles. The predicted molar refractivity (Wildman–Crippen MR) is 80.2 cm³/mol. The van der Waals surface area contributed by atoms with Gasteiger partial charge in [0.1, 0.15) is 5.75 Å². The molecule has 1 heterocycles. The quantitative estimate of drug-likeness (QED) is 0.669. The van der Waals surface area contributed by atoms with Gasteiger partial charge < -0.3 is 10.8 Å². The molecule has 1 aromatic heterocycles. The van der Waals surface area contributed by atoms with E-state index >= 15 is 0 Å². The van der Waals surface area contributed by atoms with Gasteiger partial charge in [-0.15, -0.1) is 11.3 Å². The molecule has 0 aliphatic heterocycles. The number of rotatable bonds is 4. The molecule has 0 aliphatic rings. The van der Waals surface area contributed by atoms with Gasteiger partial charge in [-0.3, -0.25) is 0 Å². The molecular weight excluding hydrogens is 296 g/mol. The van der Waals surface area contributed by atoms with Crippen molar-refractivity contribution in [3.05, 3.63) is 40.1 Å². The van der Waals surface area contributed by atoms with Crippen molar-refractivity contribution >= 4 is 27.0 Å². The van der Waals surface area contributed by atoms with Crippen molar-refractivity contribution in [3.63, 3.8) is 0 Å². The molecular formula is C13H16N2O3S2. The van der Waals surface area contributed by atoms with Crippen LogP contribution in [0.3, 0.4) is 0 Å². The molecule has 5 nitrogen and oxygen atoms in total. The van der Waals surface area contributed by atoms with Crippen LogP contribution in [0.4, 0.5) is 5.69 Å². The number of thiophene rings is 1. The lowest BCUT2D eigenvalue weighted by molar-refractivity contribution is 0.467. The van der Waals surface area contributed by atoms with Gasteiger partial charge in [-0.05, 0) is 42.1 Å². The van der Waals surface area contributed by atoms with Gasteiger partial charge in [-0.2, -0.15) is 4.31 Å². The summed E-state index contributed by atoms with van der Waals surface area (Å²) in [6.45, 7) is 2.26. The maximum absolute atomic E-state index is 12.4. The van der Waals surface area contributed by atoms with Gasteiger partial charge in [-0.1, -0.05) is 0 Å². The third-order valence-corrected chi connectivity index (χ3v) is 5.85. The fraction of sp³-hybridized carbons (Fsp3) is 0.231. The van der Waals surface area contributed by atoms with E-state index in [0.29, 0.717) is 6.54 Å². The maximum atomic E-state index is 12.4. The van der Waals surface area contributed by atoms with E-state index in [1.165, 1.54) is 40.9 Å². The molecule has 0 saturated carbocycles. The lowest BCUT2D eigenvalue weighted by atomic mass is 10.3. The van der Waals surface area contributed by atoms with E-state index in [9.17, 15) is 13.5 Å². The van der Waals surface area contributed by atoms with Gasteiger partial charge in [0.2, 0.25) is 10.0 Å². The second-order valence-electron chi connectivity index (χ2n) is 4.51. The molecule has 2 rings (SSSR count). The largest absolute Gasteiger partial charge is 0.506 e. The van der Waals surface area contributed by atoms with Crippen molar-refractivity contribution in [1.82, 2.24) is 4.31 Å². The number of phenolic OH excluding ortho intramolecular Hbond substituents is 1. The van der Waals surface area contributed by atoms with Crippen molar-refractivity contribution in [1.29, 1.82) is 0 Å². The highest BCUT2D eigenvalue weighted by Crippen LogP contribution is 2.26. The van der Waals surface area contributed by atoms with Crippen molar-refractivity contribution in [2.24, 2.45) is 0 Å². The van der Waals surface area contributed by atoms with Crippen molar-refractivity contribution in [2.45, 2.75) is 18.4 Å². The van der Waals surface area contributed by atoms with Crippen LogP contribution in [0.25, 0.3) is 0 Å². The molecule has 3 N–H and O–H groups in total. The smallest absolute Gasteiger partial charge is 0.243 e. The molecule has 0 unspecified atom stereocenters. The van der Waals surface area contributed by atoms with Gasteiger partial charge in [0.25, 0.3) is 0 Å². The van der Waals surface area contributed by atoms with Crippen LogP contribution < -0.4 is 5.73 Å². The fourth-order valence-corrected chi connectivity index (χ4v) is 3.94. The summed E-state index contributed by atoms with van der Waals surface area (Å²) in [6.07, 6.45) is 0.